The number of fused-ring (bicyclic) bond motifs is 1. The molecule has 1 aromatic rings. The van der Waals surface area contributed by atoms with E-state index in [2.05, 4.69) is 5.16 Å². The topological polar surface area (TPSA) is 66.6 Å². The Hall–Kier alpha value is -1.36. The van der Waals surface area contributed by atoms with E-state index in [-0.39, 0.29) is 11.8 Å². The maximum Gasteiger partial charge on any atom is 0.259 e. The minimum Gasteiger partial charge on any atom is -0.389 e. The summed E-state index contributed by atoms with van der Waals surface area (Å²) in [4.78, 5) is 14.7. The van der Waals surface area contributed by atoms with Crippen molar-refractivity contribution in [3.63, 3.8) is 0 Å². The molecule has 2 aliphatic rings. The zero-order valence-corrected chi connectivity index (χ0v) is 12.9. The predicted molar refractivity (Wildman–Crippen MR) is 78.0 cm³/mol. The fourth-order valence-electron chi connectivity index (χ4n) is 3.85. The van der Waals surface area contributed by atoms with Gasteiger partial charge in [-0.25, -0.2) is 0 Å². The summed E-state index contributed by atoms with van der Waals surface area (Å²) in [7, 11) is 0. The number of hydrogen-bond acceptors (Lipinski definition) is 4. The number of aromatic nitrogens is 1. The first-order valence-electron chi connectivity index (χ1n) is 8.02. The third kappa shape index (κ3) is 2.48. The first-order chi connectivity index (χ1) is 10.0. The fourth-order valence-corrected chi connectivity index (χ4v) is 3.85. The van der Waals surface area contributed by atoms with Crippen LogP contribution >= 0.6 is 0 Å². The summed E-state index contributed by atoms with van der Waals surface area (Å²) >= 11 is 0. The van der Waals surface area contributed by atoms with E-state index in [0.29, 0.717) is 37.3 Å². The van der Waals surface area contributed by atoms with Crippen LogP contribution in [0.1, 0.15) is 60.8 Å². The second-order valence-electron chi connectivity index (χ2n) is 6.46. The lowest BCUT2D eigenvalue weighted by Gasteiger charge is -2.47. The Bertz CT molecular complexity index is 540. The van der Waals surface area contributed by atoms with Gasteiger partial charge in [0.2, 0.25) is 0 Å². The average Bonchev–Trinajstić information content (AvgIpc) is 2.86. The van der Waals surface area contributed by atoms with Crippen LogP contribution < -0.4 is 0 Å². The van der Waals surface area contributed by atoms with Crippen molar-refractivity contribution in [1.29, 1.82) is 0 Å². The number of aryl methyl sites for hydroxylation is 2. The molecule has 116 valence electrons. The van der Waals surface area contributed by atoms with Crippen molar-refractivity contribution in [3.8, 4) is 0 Å². The minimum atomic E-state index is -0.549. The van der Waals surface area contributed by atoms with Crippen LogP contribution in [0.3, 0.4) is 0 Å². The van der Waals surface area contributed by atoms with Crippen molar-refractivity contribution >= 4 is 5.91 Å². The summed E-state index contributed by atoms with van der Waals surface area (Å²) in [5, 5.41) is 14.7. The molecule has 1 aromatic heterocycles. The highest BCUT2D eigenvalue weighted by molar-refractivity contribution is 5.96. The lowest BCUT2D eigenvalue weighted by atomic mass is 9.71. The van der Waals surface area contributed by atoms with E-state index in [1.165, 1.54) is 0 Å². The van der Waals surface area contributed by atoms with E-state index >= 15 is 0 Å². The van der Waals surface area contributed by atoms with E-state index < -0.39 is 5.60 Å². The Morgan fingerprint density at radius 1 is 1.48 bits per heavy atom. The SMILES string of the molecule is CCc1noc(C)c1C(=O)N1CCC2(O)CCCCC2C1. The standard InChI is InChI=1S/C16H24N2O3/c1-3-13-14(11(2)21-17-13)15(19)18-9-8-16(20)7-5-4-6-12(16)10-18/h12,20H,3-10H2,1-2H3. The van der Waals surface area contributed by atoms with Crippen LogP contribution in [0.5, 0.6) is 0 Å². The van der Waals surface area contributed by atoms with Crippen LogP contribution in [-0.4, -0.2) is 39.8 Å². The Labute approximate surface area is 125 Å². The van der Waals surface area contributed by atoms with Gasteiger partial charge in [0.15, 0.2) is 0 Å². The van der Waals surface area contributed by atoms with Crippen LogP contribution in [0.25, 0.3) is 0 Å². The number of aliphatic hydroxyl groups is 1. The van der Waals surface area contributed by atoms with Gasteiger partial charge < -0.3 is 14.5 Å². The number of hydrogen-bond donors (Lipinski definition) is 1. The molecule has 21 heavy (non-hydrogen) atoms. The lowest BCUT2D eigenvalue weighted by molar-refractivity contribution is -0.0886. The summed E-state index contributed by atoms with van der Waals surface area (Å²) < 4.78 is 5.18. The molecule has 0 bridgehead atoms. The van der Waals surface area contributed by atoms with Gasteiger partial charge in [-0.1, -0.05) is 24.9 Å². The van der Waals surface area contributed by atoms with E-state index in [4.69, 9.17) is 4.52 Å². The highest BCUT2D eigenvalue weighted by Gasteiger charge is 2.44. The van der Waals surface area contributed by atoms with Crippen molar-refractivity contribution < 1.29 is 14.4 Å². The van der Waals surface area contributed by atoms with Crippen molar-refractivity contribution in [2.45, 2.75) is 58.0 Å². The van der Waals surface area contributed by atoms with Crippen LogP contribution in [0, 0.1) is 12.8 Å². The monoisotopic (exact) mass is 292 g/mol. The molecule has 0 aromatic carbocycles. The molecule has 2 fully saturated rings. The molecule has 0 radical (unpaired) electrons. The molecule has 1 saturated heterocycles. The number of piperidine rings is 1. The maximum absolute atomic E-state index is 12.8. The largest absolute Gasteiger partial charge is 0.389 e. The van der Waals surface area contributed by atoms with E-state index in [9.17, 15) is 9.90 Å². The van der Waals surface area contributed by atoms with Gasteiger partial charge in [0, 0.05) is 19.0 Å². The Balaban J connectivity index is 1.79. The lowest BCUT2D eigenvalue weighted by Crippen LogP contribution is -2.54. The van der Waals surface area contributed by atoms with Gasteiger partial charge in [-0.15, -0.1) is 0 Å². The summed E-state index contributed by atoms with van der Waals surface area (Å²) in [6.45, 7) is 5.05. The molecular weight excluding hydrogens is 268 g/mol. The zero-order valence-electron chi connectivity index (χ0n) is 12.9. The quantitative estimate of drug-likeness (QED) is 0.908. The molecule has 3 rings (SSSR count). The Morgan fingerprint density at radius 3 is 3.05 bits per heavy atom. The highest BCUT2D eigenvalue weighted by Crippen LogP contribution is 2.40. The summed E-state index contributed by atoms with van der Waals surface area (Å²) in [6, 6.07) is 0. The number of carbonyl (C=O) groups is 1. The van der Waals surface area contributed by atoms with Gasteiger partial charge in [-0.3, -0.25) is 4.79 Å². The van der Waals surface area contributed by atoms with Crippen LogP contribution in [0.2, 0.25) is 0 Å². The molecule has 1 amide bonds. The first kappa shape index (κ1) is 14.6. The van der Waals surface area contributed by atoms with Gasteiger partial charge >= 0.3 is 0 Å². The van der Waals surface area contributed by atoms with Crippen molar-refractivity contribution in [2.24, 2.45) is 5.92 Å². The summed E-state index contributed by atoms with van der Waals surface area (Å²) in [6.07, 6.45) is 5.54. The minimum absolute atomic E-state index is 0.0122. The van der Waals surface area contributed by atoms with Gasteiger partial charge in [-0.2, -0.15) is 0 Å². The molecule has 1 saturated carbocycles. The number of amides is 1. The molecule has 2 atom stereocenters. The van der Waals surface area contributed by atoms with Gasteiger partial charge in [0.1, 0.15) is 11.3 Å². The molecule has 1 aliphatic heterocycles. The van der Waals surface area contributed by atoms with Crippen molar-refractivity contribution in [2.75, 3.05) is 13.1 Å². The molecule has 1 aliphatic carbocycles. The molecule has 0 spiro atoms. The summed E-state index contributed by atoms with van der Waals surface area (Å²) in [5.41, 5.74) is 0.812. The fraction of sp³-hybridized carbons (Fsp3) is 0.750. The van der Waals surface area contributed by atoms with E-state index in [1.807, 2.05) is 11.8 Å². The molecule has 2 unspecified atom stereocenters. The number of carbonyl (C=O) groups excluding carboxylic acids is 1. The van der Waals surface area contributed by atoms with Gasteiger partial charge in [0.05, 0.1) is 11.3 Å². The average molecular weight is 292 g/mol. The second kappa shape index (κ2) is 5.44. The molecule has 5 nitrogen and oxygen atoms in total. The first-order valence-corrected chi connectivity index (χ1v) is 8.02. The third-order valence-corrected chi connectivity index (χ3v) is 5.20. The maximum atomic E-state index is 12.8. The molecule has 1 N–H and O–H groups in total. The van der Waals surface area contributed by atoms with Crippen molar-refractivity contribution in [3.05, 3.63) is 17.0 Å². The van der Waals surface area contributed by atoms with E-state index in [0.717, 1.165) is 31.4 Å². The molecular formula is C16H24N2O3. The smallest absolute Gasteiger partial charge is 0.259 e. The van der Waals surface area contributed by atoms with Crippen LogP contribution in [-0.2, 0) is 6.42 Å². The normalized spacial score (nSPS) is 29.3. The zero-order chi connectivity index (χ0) is 15.0. The number of likely N-dealkylation sites (tertiary alicyclic amines) is 1. The number of nitrogens with zero attached hydrogens (tertiary/aromatic N) is 2. The van der Waals surface area contributed by atoms with Crippen LogP contribution in [0.4, 0.5) is 0 Å². The summed E-state index contributed by atoms with van der Waals surface area (Å²) in [5.74, 6) is 0.828. The second-order valence-corrected chi connectivity index (χ2v) is 6.46. The Kier molecular flexibility index (Phi) is 3.78. The van der Waals surface area contributed by atoms with Crippen LogP contribution in [0.15, 0.2) is 4.52 Å². The highest BCUT2D eigenvalue weighted by atomic mass is 16.5. The van der Waals surface area contributed by atoms with Gasteiger partial charge in [0.25, 0.3) is 5.91 Å². The van der Waals surface area contributed by atoms with Gasteiger partial charge in [-0.05, 0) is 32.6 Å². The van der Waals surface area contributed by atoms with E-state index in [1.54, 1.807) is 6.92 Å². The predicted octanol–water partition coefficient (Wildman–Crippen LogP) is 2.31. The molecule has 5 heteroatoms. The Morgan fingerprint density at radius 2 is 2.29 bits per heavy atom. The van der Waals surface area contributed by atoms with Crippen molar-refractivity contribution in [1.82, 2.24) is 10.1 Å². The third-order valence-electron chi connectivity index (χ3n) is 5.20. The number of rotatable bonds is 2. The molecule has 2 heterocycles.